The maximum Gasteiger partial charge on any atom is 0.236 e. The second-order valence-electron chi connectivity index (χ2n) is 6.10. The molecule has 0 radical (unpaired) electrons. The Morgan fingerprint density at radius 1 is 1.16 bits per heavy atom. The summed E-state index contributed by atoms with van der Waals surface area (Å²) in [4.78, 5) is 12.7. The lowest BCUT2D eigenvalue weighted by Gasteiger charge is -2.12. The van der Waals surface area contributed by atoms with Crippen molar-refractivity contribution in [3.63, 3.8) is 0 Å². The summed E-state index contributed by atoms with van der Waals surface area (Å²) in [5.74, 6) is -0.178. The Balaban J connectivity index is 1.59. The van der Waals surface area contributed by atoms with Crippen molar-refractivity contribution in [3.8, 4) is 11.3 Å². The zero-order chi connectivity index (χ0) is 17.4. The van der Waals surface area contributed by atoms with Crippen LogP contribution in [0, 0.1) is 5.82 Å². The van der Waals surface area contributed by atoms with Gasteiger partial charge < -0.3 is 9.84 Å². The highest BCUT2D eigenvalue weighted by atomic mass is 79.9. The first-order valence-corrected chi connectivity index (χ1v) is 8.67. The van der Waals surface area contributed by atoms with E-state index in [-0.39, 0.29) is 11.7 Å². The third-order valence-electron chi connectivity index (χ3n) is 4.41. The predicted octanol–water partition coefficient (Wildman–Crippen LogP) is 4.91. The van der Waals surface area contributed by atoms with Gasteiger partial charge in [0, 0.05) is 16.2 Å². The first-order chi connectivity index (χ1) is 12.1. The lowest BCUT2D eigenvalue weighted by Crippen LogP contribution is -2.28. The maximum atomic E-state index is 13.9. The van der Waals surface area contributed by atoms with E-state index in [0.717, 1.165) is 4.47 Å². The molecule has 1 aliphatic rings. The Labute approximate surface area is 152 Å². The van der Waals surface area contributed by atoms with Gasteiger partial charge in [-0.2, -0.15) is 0 Å². The van der Waals surface area contributed by atoms with Gasteiger partial charge in [-0.25, -0.2) is 4.39 Å². The molecule has 0 aliphatic heterocycles. The molecule has 1 amide bonds. The van der Waals surface area contributed by atoms with Crippen molar-refractivity contribution in [2.24, 2.45) is 0 Å². The number of hydrogen-bond acceptors (Lipinski definition) is 3. The van der Waals surface area contributed by atoms with Crippen LogP contribution in [0.3, 0.4) is 0 Å². The smallest absolute Gasteiger partial charge is 0.236 e. The van der Waals surface area contributed by atoms with Gasteiger partial charge in [-0.15, -0.1) is 0 Å². The number of carbonyl (C=O) groups excluding carboxylic acids is 1. The fourth-order valence-corrected chi connectivity index (χ4v) is 3.23. The number of rotatable bonds is 4. The molecule has 1 N–H and O–H groups in total. The molecule has 1 aromatic heterocycles. The minimum absolute atomic E-state index is 0.126. The quantitative estimate of drug-likeness (QED) is 0.676. The van der Waals surface area contributed by atoms with Gasteiger partial charge in [-0.3, -0.25) is 4.79 Å². The van der Waals surface area contributed by atoms with E-state index < -0.39 is 5.41 Å². The van der Waals surface area contributed by atoms with Crippen molar-refractivity contribution in [2.75, 3.05) is 5.32 Å². The van der Waals surface area contributed by atoms with Crippen LogP contribution in [-0.2, 0) is 10.2 Å². The first-order valence-electron chi connectivity index (χ1n) is 7.88. The summed E-state index contributed by atoms with van der Waals surface area (Å²) in [5.41, 5.74) is 0.890. The number of nitrogens with zero attached hydrogens (tertiary/aromatic N) is 1. The van der Waals surface area contributed by atoms with Gasteiger partial charge in [0.1, 0.15) is 5.82 Å². The minimum atomic E-state index is -0.699. The molecule has 2 aromatic carbocycles. The highest BCUT2D eigenvalue weighted by Gasteiger charge is 2.53. The maximum absolute atomic E-state index is 13.9. The summed E-state index contributed by atoms with van der Waals surface area (Å²) >= 11 is 3.38. The largest absolute Gasteiger partial charge is 0.356 e. The minimum Gasteiger partial charge on any atom is -0.356 e. The zero-order valence-corrected chi connectivity index (χ0v) is 14.7. The monoisotopic (exact) mass is 400 g/mol. The molecule has 6 heteroatoms. The van der Waals surface area contributed by atoms with Crippen LogP contribution >= 0.6 is 15.9 Å². The third kappa shape index (κ3) is 2.98. The molecule has 1 heterocycles. The van der Waals surface area contributed by atoms with Gasteiger partial charge >= 0.3 is 0 Å². The standard InChI is InChI=1S/C19H14BrFN2O2/c20-12-4-3-5-13(10-12)22-18(24)19(8-9-19)17-11-16(25-23-17)14-6-1-2-7-15(14)21/h1-7,10-11H,8-9H2,(H,22,24). The van der Waals surface area contributed by atoms with Crippen LogP contribution in [0.5, 0.6) is 0 Å². The molecule has 25 heavy (non-hydrogen) atoms. The Morgan fingerprint density at radius 2 is 1.96 bits per heavy atom. The van der Waals surface area contributed by atoms with E-state index in [1.165, 1.54) is 6.07 Å². The van der Waals surface area contributed by atoms with Crippen LogP contribution in [0.25, 0.3) is 11.3 Å². The average molecular weight is 401 g/mol. The van der Waals surface area contributed by atoms with Crippen LogP contribution < -0.4 is 5.32 Å². The van der Waals surface area contributed by atoms with Crippen LogP contribution in [0.1, 0.15) is 18.5 Å². The summed E-state index contributed by atoms with van der Waals surface area (Å²) in [7, 11) is 0. The van der Waals surface area contributed by atoms with Crippen molar-refractivity contribution in [2.45, 2.75) is 18.3 Å². The molecule has 0 atom stereocenters. The van der Waals surface area contributed by atoms with E-state index in [4.69, 9.17) is 4.52 Å². The number of anilines is 1. The molecule has 0 unspecified atom stereocenters. The molecule has 1 aliphatic carbocycles. The molecule has 1 fully saturated rings. The van der Waals surface area contributed by atoms with E-state index in [1.807, 2.05) is 24.3 Å². The van der Waals surface area contributed by atoms with E-state index in [1.54, 1.807) is 24.3 Å². The van der Waals surface area contributed by atoms with E-state index >= 15 is 0 Å². The normalized spacial score (nSPS) is 15.0. The molecular weight excluding hydrogens is 387 g/mol. The predicted molar refractivity (Wildman–Crippen MR) is 95.6 cm³/mol. The fourth-order valence-electron chi connectivity index (χ4n) is 2.83. The summed E-state index contributed by atoms with van der Waals surface area (Å²) in [5, 5.41) is 6.96. The van der Waals surface area contributed by atoms with Gasteiger partial charge in [0.25, 0.3) is 0 Å². The van der Waals surface area contributed by atoms with Gasteiger partial charge in [0.05, 0.1) is 16.7 Å². The SMILES string of the molecule is O=C(Nc1cccc(Br)c1)C1(c2cc(-c3ccccc3F)on2)CC1. The van der Waals surface area contributed by atoms with Crippen LogP contribution in [-0.4, -0.2) is 11.1 Å². The van der Waals surface area contributed by atoms with Crippen molar-refractivity contribution >= 4 is 27.5 Å². The molecule has 0 spiro atoms. The number of benzene rings is 2. The van der Waals surface area contributed by atoms with Gasteiger partial charge in [-0.1, -0.05) is 39.3 Å². The van der Waals surface area contributed by atoms with Gasteiger partial charge in [0.15, 0.2) is 5.76 Å². The average Bonchev–Trinajstić information content (AvgIpc) is 3.27. The molecule has 4 rings (SSSR count). The topological polar surface area (TPSA) is 55.1 Å². The van der Waals surface area contributed by atoms with Crippen molar-refractivity contribution in [1.82, 2.24) is 5.16 Å². The summed E-state index contributed by atoms with van der Waals surface area (Å²) in [6.45, 7) is 0. The van der Waals surface area contributed by atoms with Crippen molar-refractivity contribution < 1.29 is 13.7 Å². The van der Waals surface area contributed by atoms with E-state index in [2.05, 4.69) is 26.4 Å². The molecule has 1 saturated carbocycles. The Hall–Kier alpha value is -2.47. The number of carbonyl (C=O) groups is 1. The second kappa shape index (κ2) is 6.11. The van der Waals surface area contributed by atoms with E-state index in [9.17, 15) is 9.18 Å². The number of aromatic nitrogens is 1. The fraction of sp³-hybridized carbons (Fsp3) is 0.158. The summed E-state index contributed by atoms with van der Waals surface area (Å²) < 4.78 is 20.1. The third-order valence-corrected chi connectivity index (χ3v) is 4.90. The molecule has 0 bridgehead atoms. The lowest BCUT2D eigenvalue weighted by atomic mass is 10.00. The second-order valence-corrected chi connectivity index (χ2v) is 7.02. The van der Waals surface area contributed by atoms with Crippen LogP contribution in [0.15, 0.2) is 63.6 Å². The van der Waals surface area contributed by atoms with Gasteiger partial charge in [0.2, 0.25) is 5.91 Å². The zero-order valence-electron chi connectivity index (χ0n) is 13.1. The highest BCUT2D eigenvalue weighted by molar-refractivity contribution is 9.10. The summed E-state index contributed by atoms with van der Waals surface area (Å²) in [6, 6.07) is 15.4. The highest BCUT2D eigenvalue weighted by Crippen LogP contribution is 2.49. The summed E-state index contributed by atoms with van der Waals surface area (Å²) in [6.07, 6.45) is 1.38. The molecule has 126 valence electrons. The Kier molecular flexibility index (Phi) is 3.92. The van der Waals surface area contributed by atoms with E-state index in [0.29, 0.717) is 35.5 Å². The Bertz CT molecular complexity index is 950. The number of nitrogens with one attached hydrogen (secondary N) is 1. The van der Waals surface area contributed by atoms with Crippen molar-refractivity contribution in [1.29, 1.82) is 0 Å². The molecular formula is C19H14BrFN2O2. The van der Waals surface area contributed by atoms with Crippen LogP contribution in [0.4, 0.5) is 10.1 Å². The Morgan fingerprint density at radius 3 is 2.68 bits per heavy atom. The molecule has 3 aromatic rings. The number of halogens is 2. The van der Waals surface area contributed by atoms with Crippen LogP contribution in [0.2, 0.25) is 0 Å². The first kappa shape index (κ1) is 16.0. The molecule has 0 saturated heterocycles. The van der Waals surface area contributed by atoms with Gasteiger partial charge in [-0.05, 0) is 43.2 Å². The van der Waals surface area contributed by atoms with Crippen molar-refractivity contribution in [3.05, 3.63) is 70.6 Å². The molecule has 4 nitrogen and oxygen atoms in total. The lowest BCUT2D eigenvalue weighted by molar-refractivity contribution is -0.118. The number of hydrogen-bond donors (Lipinski definition) is 1. The number of amides is 1.